The van der Waals surface area contributed by atoms with E-state index in [9.17, 15) is 19.2 Å². The highest BCUT2D eigenvalue weighted by molar-refractivity contribution is 5.71. The summed E-state index contributed by atoms with van der Waals surface area (Å²) in [6, 6.07) is 0. The zero-order valence-electron chi connectivity index (χ0n) is 45.2. The highest BCUT2D eigenvalue weighted by Gasteiger charge is 2.22. The van der Waals surface area contributed by atoms with Gasteiger partial charge >= 0.3 is 24.1 Å². The van der Waals surface area contributed by atoms with E-state index >= 15 is 0 Å². The topological polar surface area (TPSA) is 118 Å². The third-order valence-corrected chi connectivity index (χ3v) is 12.4. The van der Waals surface area contributed by atoms with Gasteiger partial charge in [-0.15, -0.1) is 0 Å². The summed E-state index contributed by atoms with van der Waals surface area (Å²) in [6.45, 7) is 13.5. The third-order valence-electron chi connectivity index (χ3n) is 12.4. The van der Waals surface area contributed by atoms with Crippen molar-refractivity contribution in [3.05, 3.63) is 48.6 Å². The fraction of sp³-hybridized carbons (Fsp3) is 0.797. The van der Waals surface area contributed by atoms with Crippen molar-refractivity contribution in [3.63, 3.8) is 0 Å². The van der Waals surface area contributed by atoms with Crippen molar-refractivity contribution in [2.45, 2.75) is 265 Å². The van der Waals surface area contributed by atoms with Crippen LogP contribution >= 0.6 is 0 Å². The fourth-order valence-corrected chi connectivity index (χ4v) is 7.89. The summed E-state index contributed by atoms with van der Waals surface area (Å²) in [6.07, 6.45) is 48.8. The minimum atomic E-state index is -0.937. The molecule has 0 spiro atoms. The minimum Gasteiger partial charge on any atom is -0.462 e. The van der Waals surface area contributed by atoms with Gasteiger partial charge in [0.05, 0.1) is 6.61 Å². The second-order valence-electron chi connectivity index (χ2n) is 18.8. The van der Waals surface area contributed by atoms with Crippen molar-refractivity contribution in [1.82, 2.24) is 4.90 Å². The summed E-state index contributed by atoms with van der Waals surface area (Å²) in [7, 11) is 0. The molecule has 0 aromatic rings. The van der Waals surface area contributed by atoms with Gasteiger partial charge in [-0.3, -0.25) is 14.4 Å². The molecule has 10 heteroatoms. The zero-order valence-corrected chi connectivity index (χ0v) is 45.2. The van der Waals surface area contributed by atoms with Crippen molar-refractivity contribution in [2.75, 3.05) is 39.5 Å². The first-order valence-electron chi connectivity index (χ1n) is 28.5. The Balaban J connectivity index is 5.05. The second-order valence-corrected chi connectivity index (χ2v) is 18.8. The number of hydrogen-bond acceptors (Lipinski definition) is 10. The Bertz CT molecular complexity index is 1240. The van der Waals surface area contributed by atoms with Gasteiger partial charge in [0.25, 0.3) is 0 Å². The fourth-order valence-electron chi connectivity index (χ4n) is 7.89. The van der Waals surface area contributed by atoms with E-state index in [1.807, 2.05) is 0 Å². The smallest absolute Gasteiger partial charge is 0.462 e. The van der Waals surface area contributed by atoms with E-state index < -0.39 is 24.3 Å². The van der Waals surface area contributed by atoms with Gasteiger partial charge in [0, 0.05) is 25.8 Å². The number of nitrogens with zero attached hydrogens (tertiary/aromatic N) is 1. The number of carbonyl (C=O) groups excluding carboxylic acids is 4. The van der Waals surface area contributed by atoms with E-state index in [1.165, 1.54) is 70.6 Å². The van der Waals surface area contributed by atoms with Crippen molar-refractivity contribution < 1.29 is 42.9 Å². The molecule has 0 rings (SSSR count). The Morgan fingerprint density at radius 2 is 0.812 bits per heavy atom. The highest BCUT2D eigenvalue weighted by atomic mass is 16.7. The molecule has 0 aliphatic carbocycles. The SMILES string of the molecule is CCCCC/C=C\C/C=C\CCCCCCCC(=O)OCC(COC(=O)CCCCCCC/C=C\C/C=C\CCCCC)OC(=O)CCC(CCCCCCCC)OC(=O)OCCCN(CC)CC. The molecule has 0 aliphatic heterocycles. The molecule has 0 aromatic heterocycles. The van der Waals surface area contributed by atoms with Crippen molar-refractivity contribution >= 4 is 24.1 Å². The average molecular weight is 972 g/mol. The molecule has 0 N–H and O–H groups in total. The Labute approximate surface area is 423 Å². The van der Waals surface area contributed by atoms with Crippen molar-refractivity contribution in [3.8, 4) is 0 Å². The van der Waals surface area contributed by atoms with Crippen molar-refractivity contribution in [1.29, 1.82) is 0 Å². The van der Waals surface area contributed by atoms with Crippen LogP contribution in [0.4, 0.5) is 4.79 Å². The summed E-state index contributed by atoms with van der Waals surface area (Å²) in [4.78, 5) is 53.8. The van der Waals surface area contributed by atoms with E-state index in [-0.39, 0.29) is 57.4 Å². The van der Waals surface area contributed by atoms with Crippen LogP contribution in [-0.2, 0) is 38.1 Å². The number of allylic oxidation sites excluding steroid dienone is 8. The van der Waals surface area contributed by atoms with E-state index in [0.717, 1.165) is 129 Å². The average Bonchev–Trinajstić information content (AvgIpc) is 3.34. The van der Waals surface area contributed by atoms with E-state index in [1.54, 1.807) is 0 Å². The Morgan fingerprint density at radius 1 is 0.391 bits per heavy atom. The van der Waals surface area contributed by atoms with E-state index in [2.05, 4.69) is 88.1 Å². The normalized spacial score (nSPS) is 12.3. The molecule has 400 valence electrons. The molecule has 0 aromatic carbocycles. The van der Waals surface area contributed by atoms with E-state index in [0.29, 0.717) is 12.8 Å². The van der Waals surface area contributed by atoms with Crippen LogP contribution in [0.1, 0.15) is 253 Å². The quantitative estimate of drug-likeness (QED) is 0.0252. The number of carbonyl (C=O) groups is 4. The van der Waals surface area contributed by atoms with Crippen LogP contribution in [0.2, 0.25) is 0 Å². The third kappa shape index (κ3) is 48.0. The maximum Gasteiger partial charge on any atom is 0.508 e. The molecular formula is C59H105NO9. The second kappa shape index (κ2) is 52.4. The highest BCUT2D eigenvalue weighted by Crippen LogP contribution is 2.17. The minimum absolute atomic E-state index is 0.00787. The van der Waals surface area contributed by atoms with Crippen LogP contribution in [0.5, 0.6) is 0 Å². The summed E-state index contributed by atoms with van der Waals surface area (Å²) < 4.78 is 28.1. The first-order valence-corrected chi connectivity index (χ1v) is 28.5. The predicted octanol–water partition coefficient (Wildman–Crippen LogP) is 16.4. The van der Waals surface area contributed by atoms with Gasteiger partial charge in [0.2, 0.25) is 0 Å². The number of unbranched alkanes of at least 4 members (excludes halogenated alkanes) is 21. The molecule has 0 saturated heterocycles. The van der Waals surface area contributed by atoms with Gasteiger partial charge in [0.15, 0.2) is 6.10 Å². The number of esters is 3. The van der Waals surface area contributed by atoms with Crippen molar-refractivity contribution in [2.24, 2.45) is 0 Å². The summed E-state index contributed by atoms with van der Waals surface area (Å²) >= 11 is 0. The first-order chi connectivity index (χ1) is 33.8. The van der Waals surface area contributed by atoms with Crippen LogP contribution in [0.3, 0.4) is 0 Å². The number of ether oxygens (including phenoxy) is 5. The Hall–Kier alpha value is -3.40. The zero-order chi connectivity index (χ0) is 50.5. The van der Waals surface area contributed by atoms with Gasteiger partial charge in [-0.25, -0.2) is 4.79 Å². The molecule has 0 radical (unpaired) electrons. The molecule has 0 bridgehead atoms. The van der Waals surface area contributed by atoms with Gasteiger partial charge in [-0.05, 0) is 116 Å². The monoisotopic (exact) mass is 972 g/mol. The molecule has 69 heavy (non-hydrogen) atoms. The van der Waals surface area contributed by atoms with Crippen LogP contribution in [-0.4, -0.2) is 80.6 Å². The maximum atomic E-state index is 13.3. The molecule has 0 heterocycles. The largest absolute Gasteiger partial charge is 0.508 e. The summed E-state index contributed by atoms with van der Waals surface area (Å²) in [5.41, 5.74) is 0. The van der Waals surface area contributed by atoms with Gasteiger partial charge in [-0.2, -0.15) is 0 Å². The van der Waals surface area contributed by atoms with Crippen LogP contribution in [0, 0.1) is 0 Å². The van der Waals surface area contributed by atoms with Crippen LogP contribution in [0.15, 0.2) is 48.6 Å². The lowest BCUT2D eigenvalue weighted by Crippen LogP contribution is -2.31. The van der Waals surface area contributed by atoms with Gasteiger partial charge in [-0.1, -0.05) is 180 Å². The summed E-state index contributed by atoms with van der Waals surface area (Å²) in [5, 5.41) is 0. The molecule has 0 fully saturated rings. The molecule has 0 saturated carbocycles. The molecule has 0 aliphatic rings. The lowest BCUT2D eigenvalue weighted by molar-refractivity contribution is -0.167. The Kier molecular flexibility index (Phi) is 49.8. The number of hydrogen-bond donors (Lipinski definition) is 0. The lowest BCUT2D eigenvalue weighted by atomic mass is 10.0. The molecule has 1 unspecified atom stereocenters. The number of rotatable bonds is 50. The van der Waals surface area contributed by atoms with E-state index in [4.69, 9.17) is 23.7 Å². The molecule has 0 amide bonds. The van der Waals surface area contributed by atoms with Crippen LogP contribution < -0.4 is 0 Å². The standard InChI is InChI=1S/C59H105NO9/c1-6-11-14-17-20-22-24-26-28-30-32-34-36-39-42-46-56(61)66-52-55(53-67-57(62)47-43-40-37-35-33-31-29-27-25-23-21-18-15-12-7-2)68-58(63)49-48-54(45-41-38-19-16-13-8-3)69-59(64)65-51-44-50-60(9-4)10-5/h20-23,26-29,54-55H,6-19,24-25,30-53H2,1-5H3/b22-20-,23-21-,28-26-,29-27-. The van der Waals surface area contributed by atoms with Gasteiger partial charge < -0.3 is 28.6 Å². The molecule has 1 atom stereocenters. The van der Waals surface area contributed by atoms with Gasteiger partial charge in [0.1, 0.15) is 19.3 Å². The molecule has 10 nitrogen and oxygen atoms in total. The summed E-state index contributed by atoms with van der Waals surface area (Å²) in [5.74, 6) is -1.25. The maximum absolute atomic E-state index is 13.3. The first kappa shape index (κ1) is 65.6. The Morgan fingerprint density at radius 3 is 1.29 bits per heavy atom. The van der Waals surface area contributed by atoms with Crippen LogP contribution in [0.25, 0.3) is 0 Å². The lowest BCUT2D eigenvalue weighted by Gasteiger charge is -2.20. The molecular weight excluding hydrogens is 867 g/mol. The predicted molar refractivity (Wildman–Crippen MR) is 286 cm³/mol.